The molecule has 0 bridgehead atoms. The van der Waals surface area contributed by atoms with E-state index in [0.29, 0.717) is 36.4 Å². The number of aliphatic hydroxyl groups excluding tert-OH is 1. The van der Waals surface area contributed by atoms with Gasteiger partial charge in [-0.3, -0.25) is 9.10 Å². The molecule has 1 amide bonds. The predicted octanol–water partition coefficient (Wildman–Crippen LogP) is 4.37. The molecule has 41 heavy (non-hydrogen) atoms. The number of nitrogens with zero attached hydrogens (tertiary/aromatic N) is 1. The fourth-order valence-electron chi connectivity index (χ4n) is 5.53. The summed E-state index contributed by atoms with van der Waals surface area (Å²) in [6, 6.07) is 7.45. The van der Waals surface area contributed by atoms with E-state index in [9.17, 15) is 27.1 Å². The molecule has 8 nitrogen and oxygen atoms in total. The number of aliphatic hydroxyl groups is 1. The number of halogens is 3. The van der Waals surface area contributed by atoms with Crippen LogP contribution in [0.1, 0.15) is 67.8 Å². The van der Waals surface area contributed by atoms with Crippen molar-refractivity contribution >= 4 is 39.7 Å². The van der Waals surface area contributed by atoms with Crippen LogP contribution in [0.15, 0.2) is 36.4 Å². The van der Waals surface area contributed by atoms with Gasteiger partial charge in [0.15, 0.2) is 0 Å². The molecule has 0 aromatic heterocycles. The number of rotatable bonds is 11. The van der Waals surface area contributed by atoms with Crippen LogP contribution in [-0.4, -0.2) is 63.0 Å². The first kappa shape index (κ1) is 33.0. The zero-order valence-electron chi connectivity index (χ0n) is 23.4. The van der Waals surface area contributed by atoms with E-state index in [0.717, 1.165) is 38.2 Å². The Morgan fingerprint density at radius 1 is 1.02 bits per heavy atom. The number of sulfonamides is 1. The maximum Gasteiger partial charge on any atom is 0.251 e. The van der Waals surface area contributed by atoms with E-state index in [1.807, 2.05) is 6.92 Å². The molecule has 0 unspecified atom stereocenters. The van der Waals surface area contributed by atoms with Crippen molar-refractivity contribution in [2.75, 3.05) is 35.0 Å². The second-order valence-electron chi connectivity index (χ2n) is 10.8. The van der Waals surface area contributed by atoms with Crippen LogP contribution in [0.25, 0.3) is 0 Å². The highest BCUT2D eigenvalue weighted by molar-refractivity contribution is 7.92. The third-order valence-corrected chi connectivity index (χ3v) is 9.45. The van der Waals surface area contributed by atoms with Gasteiger partial charge in [-0.25, -0.2) is 17.2 Å². The number of amides is 1. The SMILES string of the molecule is CCNc1cc(C(=O)N[C@@H](Cc2cc(F)cc(F)c2)[C@H](O)CNC2CCCCC2)cc(N2CCCCS2(=O)=O)c1.Cl. The van der Waals surface area contributed by atoms with Crippen LogP contribution in [0.2, 0.25) is 0 Å². The van der Waals surface area contributed by atoms with E-state index in [-0.39, 0.29) is 42.7 Å². The molecule has 1 saturated heterocycles. The topological polar surface area (TPSA) is 111 Å². The van der Waals surface area contributed by atoms with Crippen LogP contribution in [0.3, 0.4) is 0 Å². The largest absolute Gasteiger partial charge is 0.390 e. The Labute approximate surface area is 247 Å². The zero-order chi connectivity index (χ0) is 28.7. The van der Waals surface area contributed by atoms with E-state index >= 15 is 0 Å². The molecule has 228 valence electrons. The number of benzene rings is 2. The van der Waals surface area contributed by atoms with Crippen molar-refractivity contribution in [3.8, 4) is 0 Å². The number of hydrogen-bond acceptors (Lipinski definition) is 6. The summed E-state index contributed by atoms with van der Waals surface area (Å²) in [4.78, 5) is 13.6. The Hall–Kier alpha value is -2.47. The Morgan fingerprint density at radius 3 is 2.39 bits per heavy atom. The van der Waals surface area contributed by atoms with Crippen molar-refractivity contribution in [3.63, 3.8) is 0 Å². The van der Waals surface area contributed by atoms with Gasteiger partial charge in [0.1, 0.15) is 11.6 Å². The molecule has 0 spiro atoms. The standard InChI is InChI=1S/C29H40F2N4O4S.ClH/c1-2-32-25-15-21(16-26(18-25)35-10-6-7-11-40(35,38)39)29(37)34-27(14-20-12-22(30)17-23(31)13-20)28(36)19-33-24-8-4-3-5-9-24;/h12-13,15-18,24,27-28,32-33,36H,2-11,14,19H2,1H3,(H,34,37);1H/t27-,28+;/m0./s1. The van der Waals surface area contributed by atoms with Crippen LogP contribution in [-0.2, 0) is 16.4 Å². The van der Waals surface area contributed by atoms with Crippen LogP contribution in [0.4, 0.5) is 20.2 Å². The highest BCUT2D eigenvalue weighted by atomic mass is 35.5. The van der Waals surface area contributed by atoms with Crippen molar-refractivity contribution in [1.82, 2.24) is 10.6 Å². The minimum absolute atomic E-state index is 0. The molecule has 1 aliphatic heterocycles. The average Bonchev–Trinajstić information content (AvgIpc) is 2.91. The number of nitrogens with one attached hydrogen (secondary N) is 3. The molecule has 2 aromatic carbocycles. The monoisotopic (exact) mass is 614 g/mol. The molecular formula is C29H41ClF2N4O4S. The van der Waals surface area contributed by atoms with E-state index in [4.69, 9.17) is 0 Å². The third kappa shape index (κ3) is 9.26. The lowest BCUT2D eigenvalue weighted by Crippen LogP contribution is -2.50. The van der Waals surface area contributed by atoms with Gasteiger partial charge < -0.3 is 21.1 Å². The Balaban J connectivity index is 0.00000462. The van der Waals surface area contributed by atoms with Gasteiger partial charge in [-0.15, -0.1) is 12.4 Å². The summed E-state index contributed by atoms with van der Waals surface area (Å²) in [6.07, 6.45) is 5.74. The van der Waals surface area contributed by atoms with Crippen molar-refractivity contribution in [2.24, 2.45) is 0 Å². The van der Waals surface area contributed by atoms with E-state index < -0.39 is 39.7 Å². The van der Waals surface area contributed by atoms with Gasteiger partial charge in [-0.05, 0) is 74.9 Å². The van der Waals surface area contributed by atoms with Gasteiger partial charge in [0.2, 0.25) is 10.0 Å². The molecule has 0 radical (unpaired) electrons. The molecule has 2 atom stereocenters. The van der Waals surface area contributed by atoms with Crippen molar-refractivity contribution < 1.29 is 27.1 Å². The van der Waals surface area contributed by atoms with Gasteiger partial charge in [-0.1, -0.05) is 19.3 Å². The Kier molecular flexibility index (Phi) is 12.2. The molecule has 1 saturated carbocycles. The van der Waals surface area contributed by atoms with Gasteiger partial charge in [0.25, 0.3) is 5.91 Å². The predicted molar refractivity (Wildman–Crippen MR) is 160 cm³/mol. The van der Waals surface area contributed by atoms with Gasteiger partial charge in [-0.2, -0.15) is 0 Å². The van der Waals surface area contributed by atoms with E-state index in [2.05, 4.69) is 16.0 Å². The maximum atomic E-state index is 13.9. The summed E-state index contributed by atoms with van der Waals surface area (Å²) in [6.45, 7) is 3.00. The number of anilines is 2. The lowest BCUT2D eigenvalue weighted by molar-refractivity contribution is 0.0821. The molecule has 4 rings (SSSR count). The lowest BCUT2D eigenvalue weighted by Gasteiger charge is -2.30. The summed E-state index contributed by atoms with van der Waals surface area (Å²) < 4.78 is 54.7. The highest BCUT2D eigenvalue weighted by Gasteiger charge is 2.28. The quantitative estimate of drug-likeness (QED) is 0.299. The summed E-state index contributed by atoms with van der Waals surface area (Å²) in [5.41, 5.74) is 1.51. The summed E-state index contributed by atoms with van der Waals surface area (Å²) in [7, 11) is -3.50. The number of hydrogen-bond donors (Lipinski definition) is 4. The average molecular weight is 615 g/mol. The van der Waals surface area contributed by atoms with Crippen LogP contribution >= 0.6 is 12.4 Å². The maximum absolute atomic E-state index is 13.9. The smallest absolute Gasteiger partial charge is 0.251 e. The molecule has 2 aliphatic rings. The molecule has 2 aromatic rings. The molecule has 2 fully saturated rings. The second-order valence-corrected chi connectivity index (χ2v) is 12.8. The summed E-state index contributed by atoms with van der Waals surface area (Å²) in [5.74, 6) is -1.94. The normalized spacial score (nSPS) is 18.7. The minimum atomic E-state index is -3.50. The van der Waals surface area contributed by atoms with Gasteiger partial charge >= 0.3 is 0 Å². The lowest BCUT2D eigenvalue weighted by atomic mass is 9.94. The highest BCUT2D eigenvalue weighted by Crippen LogP contribution is 2.28. The van der Waals surface area contributed by atoms with E-state index in [1.54, 1.807) is 12.1 Å². The van der Waals surface area contributed by atoms with Crippen LogP contribution in [0.5, 0.6) is 0 Å². The molecule has 1 aliphatic carbocycles. The van der Waals surface area contributed by atoms with Crippen molar-refractivity contribution in [3.05, 3.63) is 59.2 Å². The van der Waals surface area contributed by atoms with Crippen molar-refractivity contribution in [1.29, 1.82) is 0 Å². The van der Waals surface area contributed by atoms with E-state index in [1.165, 1.54) is 28.9 Å². The number of carbonyl (C=O) groups is 1. The third-order valence-electron chi connectivity index (χ3n) is 7.58. The minimum Gasteiger partial charge on any atom is -0.390 e. The first-order valence-electron chi connectivity index (χ1n) is 14.2. The molecular weight excluding hydrogens is 574 g/mol. The fourth-order valence-corrected chi connectivity index (χ4v) is 7.15. The summed E-state index contributed by atoms with van der Waals surface area (Å²) >= 11 is 0. The molecule has 12 heteroatoms. The Bertz CT molecular complexity index is 1260. The molecule has 1 heterocycles. The zero-order valence-corrected chi connectivity index (χ0v) is 25.0. The first-order chi connectivity index (χ1) is 19.1. The van der Waals surface area contributed by atoms with Gasteiger partial charge in [0, 0.05) is 43.0 Å². The van der Waals surface area contributed by atoms with Crippen LogP contribution in [0, 0.1) is 11.6 Å². The summed E-state index contributed by atoms with van der Waals surface area (Å²) in [5, 5.41) is 20.5. The van der Waals surface area contributed by atoms with Crippen LogP contribution < -0.4 is 20.3 Å². The Morgan fingerprint density at radius 2 is 1.73 bits per heavy atom. The van der Waals surface area contributed by atoms with Crippen molar-refractivity contribution in [2.45, 2.75) is 76.5 Å². The fraction of sp³-hybridized carbons (Fsp3) is 0.552. The van der Waals surface area contributed by atoms with Gasteiger partial charge in [0.05, 0.1) is 23.6 Å². The first-order valence-corrected chi connectivity index (χ1v) is 15.8. The molecule has 4 N–H and O–H groups in total. The number of carbonyl (C=O) groups excluding carboxylic acids is 1. The second kappa shape index (κ2) is 15.1.